The van der Waals surface area contributed by atoms with Crippen LogP contribution in [-0.2, 0) is 33.4 Å². The lowest BCUT2D eigenvalue weighted by molar-refractivity contribution is -0.176. The van der Waals surface area contributed by atoms with Gasteiger partial charge in [0.25, 0.3) is 11.7 Å². The Labute approximate surface area is 204 Å². The van der Waals surface area contributed by atoms with Crippen molar-refractivity contribution in [3.8, 4) is 0 Å². The van der Waals surface area contributed by atoms with Crippen molar-refractivity contribution in [2.75, 3.05) is 20.3 Å². The van der Waals surface area contributed by atoms with E-state index in [1.165, 1.54) is 16.9 Å². The normalized spacial score (nSPS) is 28.1. The highest BCUT2D eigenvalue weighted by atomic mass is 16.6. The van der Waals surface area contributed by atoms with Crippen LogP contribution in [0.5, 0.6) is 0 Å². The molecule has 2 saturated carbocycles. The molecule has 3 amide bonds. The van der Waals surface area contributed by atoms with E-state index < -0.39 is 35.3 Å². The monoisotopic (exact) mass is 487 g/mol. The van der Waals surface area contributed by atoms with E-state index in [0.29, 0.717) is 31.4 Å². The van der Waals surface area contributed by atoms with Crippen molar-refractivity contribution in [2.24, 2.45) is 0 Å². The molecule has 5 rings (SSSR count). The minimum Gasteiger partial charge on any atom is -0.449 e. The molecule has 2 bridgehead atoms. The lowest BCUT2D eigenvalue weighted by Gasteiger charge is -2.52. The topological polar surface area (TPSA) is 114 Å². The molecule has 0 aromatic carbocycles. The molecule has 0 radical (unpaired) electrons. The Morgan fingerprint density at radius 2 is 1.66 bits per heavy atom. The van der Waals surface area contributed by atoms with E-state index >= 15 is 0 Å². The standard InChI is InChI=1S/C25H33N3O7/c1-34-15-21(30)35-25(11-4-5-12-25)22(31)24(33)28-17-9-6-10-18(28)23(32)27-14-20(29)26(13-19(17)27)16-7-2-3-8-16/h13,16-18H,2-12,14-15H2,1H3. The van der Waals surface area contributed by atoms with Crippen molar-refractivity contribution >= 4 is 29.5 Å². The number of carbonyl (C=O) groups is 5. The number of hydrogen-bond donors (Lipinski definition) is 0. The molecule has 2 aliphatic carbocycles. The van der Waals surface area contributed by atoms with E-state index in [1.54, 1.807) is 11.1 Å². The number of fused-ring (bicyclic) bond motifs is 4. The van der Waals surface area contributed by atoms with Gasteiger partial charge in [0.05, 0.1) is 11.7 Å². The SMILES string of the molecule is COCC(=O)OC1(C(=O)C(=O)N2C3CCCC2C2=CN(C4CCCC4)C(=O)CN2C3=O)CCCC1. The van der Waals surface area contributed by atoms with Gasteiger partial charge in [-0.25, -0.2) is 4.79 Å². The van der Waals surface area contributed by atoms with Crippen molar-refractivity contribution in [3.05, 3.63) is 11.9 Å². The third kappa shape index (κ3) is 4.05. The summed E-state index contributed by atoms with van der Waals surface area (Å²) in [5.74, 6) is -2.64. The van der Waals surface area contributed by atoms with Gasteiger partial charge in [-0.2, -0.15) is 0 Å². The van der Waals surface area contributed by atoms with Crippen molar-refractivity contribution in [1.82, 2.24) is 14.7 Å². The lowest BCUT2D eigenvalue weighted by Crippen LogP contribution is -2.68. The third-order valence-corrected chi connectivity index (χ3v) is 8.23. The molecule has 10 nitrogen and oxygen atoms in total. The van der Waals surface area contributed by atoms with E-state index in [2.05, 4.69) is 0 Å². The van der Waals surface area contributed by atoms with E-state index in [-0.39, 0.29) is 43.8 Å². The molecule has 2 atom stereocenters. The predicted octanol–water partition coefficient (Wildman–Crippen LogP) is 1.28. The first-order chi connectivity index (χ1) is 16.9. The van der Waals surface area contributed by atoms with Gasteiger partial charge in [0, 0.05) is 19.4 Å². The van der Waals surface area contributed by atoms with Crippen LogP contribution in [0.4, 0.5) is 0 Å². The summed E-state index contributed by atoms with van der Waals surface area (Å²) < 4.78 is 10.4. The Morgan fingerprint density at radius 1 is 0.971 bits per heavy atom. The smallest absolute Gasteiger partial charge is 0.333 e. The van der Waals surface area contributed by atoms with Crippen LogP contribution in [0.3, 0.4) is 0 Å². The Balaban J connectivity index is 1.45. The summed E-state index contributed by atoms with van der Waals surface area (Å²) in [6.45, 7) is -0.327. The molecule has 2 unspecified atom stereocenters. The van der Waals surface area contributed by atoms with Gasteiger partial charge in [0.2, 0.25) is 11.8 Å². The summed E-state index contributed by atoms with van der Waals surface area (Å²) >= 11 is 0. The van der Waals surface area contributed by atoms with Crippen LogP contribution in [0.25, 0.3) is 0 Å². The molecule has 4 fully saturated rings. The van der Waals surface area contributed by atoms with Crippen molar-refractivity contribution in [2.45, 2.75) is 94.4 Å². The number of piperidine rings is 1. The highest BCUT2D eigenvalue weighted by Crippen LogP contribution is 2.41. The molecular formula is C25H33N3O7. The second-order valence-electron chi connectivity index (χ2n) is 10.3. The number of methoxy groups -OCH3 is 1. The molecule has 3 heterocycles. The number of rotatable bonds is 6. The number of ketones is 1. The van der Waals surface area contributed by atoms with Crippen LogP contribution < -0.4 is 0 Å². The van der Waals surface area contributed by atoms with E-state index in [0.717, 1.165) is 32.1 Å². The van der Waals surface area contributed by atoms with Gasteiger partial charge < -0.3 is 24.2 Å². The van der Waals surface area contributed by atoms with E-state index in [4.69, 9.17) is 9.47 Å². The number of carbonyl (C=O) groups excluding carboxylic acids is 5. The molecule has 10 heteroatoms. The second-order valence-corrected chi connectivity index (χ2v) is 10.3. The predicted molar refractivity (Wildman–Crippen MR) is 121 cm³/mol. The molecular weight excluding hydrogens is 454 g/mol. The van der Waals surface area contributed by atoms with Crippen LogP contribution in [0.1, 0.15) is 70.6 Å². The molecule has 0 N–H and O–H groups in total. The molecule has 35 heavy (non-hydrogen) atoms. The van der Waals surface area contributed by atoms with Gasteiger partial charge in [0.1, 0.15) is 19.2 Å². The van der Waals surface area contributed by atoms with Gasteiger partial charge in [-0.15, -0.1) is 0 Å². The Morgan fingerprint density at radius 3 is 2.34 bits per heavy atom. The summed E-state index contributed by atoms with van der Waals surface area (Å²) in [6.07, 6.45) is 9.42. The van der Waals surface area contributed by atoms with Crippen LogP contribution in [0.2, 0.25) is 0 Å². The molecule has 190 valence electrons. The zero-order valence-electron chi connectivity index (χ0n) is 20.2. The van der Waals surface area contributed by atoms with Crippen molar-refractivity contribution in [3.63, 3.8) is 0 Å². The number of Topliss-reactive ketones (excluding diaryl/α,β-unsaturated/α-hetero) is 1. The van der Waals surface area contributed by atoms with Gasteiger partial charge in [-0.3, -0.25) is 19.2 Å². The van der Waals surface area contributed by atoms with Gasteiger partial charge >= 0.3 is 5.97 Å². The molecule has 0 aromatic rings. The fourth-order valence-electron chi connectivity index (χ4n) is 6.55. The lowest BCUT2D eigenvalue weighted by atomic mass is 9.85. The van der Waals surface area contributed by atoms with Crippen LogP contribution in [0.15, 0.2) is 11.9 Å². The maximum absolute atomic E-state index is 13.7. The first-order valence-corrected chi connectivity index (χ1v) is 12.8. The number of hydrogen-bond acceptors (Lipinski definition) is 7. The maximum atomic E-state index is 13.7. The minimum absolute atomic E-state index is 0.0251. The summed E-state index contributed by atoms with van der Waals surface area (Å²) in [7, 11) is 1.36. The average molecular weight is 488 g/mol. The Hall–Kier alpha value is -2.75. The summed E-state index contributed by atoms with van der Waals surface area (Å²) in [4.78, 5) is 70.6. The van der Waals surface area contributed by atoms with Crippen molar-refractivity contribution < 1.29 is 33.4 Å². The van der Waals surface area contributed by atoms with Crippen LogP contribution in [0, 0.1) is 0 Å². The third-order valence-electron chi connectivity index (χ3n) is 8.23. The number of piperazine rings is 1. The number of ether oxygens (including phenoxy) is 2. The first-order valence-electron chi connectivity index (χ1n) is 12.8. The Kier molecular flexibility index (Phi) is 6.41. The zero-order chi connectivity index (χ0) is 24.7. The fraction of sp³-hybridized carbons (Fsp3) is 0.720. The van der Waals surface area contributed by atoms with Gasteiger partial charge in [-0.05, 0) is 57.8 Å². The fourth-order valence-corrected chi connectivity index (χ4v) is 6.55. The van der Waals surface area contributed by atoms with E-state index in [1.807, 2.05) is 0 Å². The van der Waals surface area contributed by atoms with Crippen molar-refractivity contribution in [1.29, 1.82) is 0 Å². The highest BCUT2D eigenvalue weighted by molar-refractivity contribution is 6.40. The zero-order valence-corrected chi connectivity index (χ0v) is 20.2. The quantitative estimate of drug-likeness (QED) is 0.410. The largest absolute Gasteiger partial charge is 0.449 e. The molecule has 0 spiro atoms. The second kappa shape index (κ2) is 9.37. The minimum atomic E-state index is -1.51. The highest BCUT2D eigenvalue weighted by Gasteiger charge is 2.56. The summed E-state index contributed by atoms with van der Waals surface area (Å²) in [6, 6.07) is -1.14. The summed E-state index contributed by atoms with van der Waals surface area (Å²) in [5.41, 5.74) is -0.885. The summed E-state index contributed by atoms with van der Waals surface area (Å²) in [5, 5.41) is 0. The molecule has 5 aliphatic rings. The van der Waals surface area contributed by atoms with Crippen LogP contribution in [-0.4, -0.2) is 88.2 Å². The molecule has 2 saturated heterocycles. The van der Waals surface area contributed by atoms with Crippen LogP contribution >= 0.6 is 0 Å². The average Bonchev–Trinajstić information content (AvgIpc) is 3.55. The number of nitrogens with zero attached hydrogens (tertiary/aromatic N) is 3. The number of esters is 1. The maximum Gasteiger partial charge on any atom is 0.333 e. The van der Waals surface area contributed by atoms with E-state index in [9.17, 15) is 24.0 Å². The molecule has 0 aromatic heterocycles. The number of amides is 3. The Bertz CT molecular complexity index is 964. The first kappa shape index (κ1) is 24.0. The molecule has 3 aliphatic heterocycles. The van der Waals surface area contributed by atoms with Gasteiger partial charge in [0.15, 0.2) is 5.60 Å². The van der Waals surface area contributed by atoms with Gasteiger partial charge in [-0.1, -0.05) is 12.8 Å².